The Bertz CT molecular complexity index is 1110. The molecule has 9 heteroatoms. The van der Waals surface area contributed by atoms with E-state index < -0.39 is 12.0 Å². The van der Waals surface area contributed by atoms with Crippen LogP contribution in [-0.4, -0.2) is 89.3 Å². The topological polar surface area (TPSA) is 107 Å². The summed E-state index contributed by atoms with van der Waals surface area (Å²) in [4.78, 5) is 34.2. The number of hydrogen-bond donors (Lipinski definition) is 3. The van der Waals surface area contributed by atoms with Crippen LogP contribution in [0.4, 0.5) is 5.82 Å². The van der Waals surface area contributed by atoms with Crippen molar-refractivity contribution in [3.8, 4) is 0 Å². The molecule has 0 radical (unpaired) electrons. The lowest BCUT2D eigenvalue weighted by Gasteiger charge is -2.26. The fourth-order valence-corrected chi connectivity index (χ4v) is 5.94. The molecule has 3 atom stereocenters. The van der Waals surface area contributed by atoms with Gasteiger partial charge in [0.25, 0.3) is 0 Å². The monoisotopic (exact) mass is 535 g/mol. The molecule has 0 saturated carbocycles. The molecule has 1 aromatic carbocycles. The van der Waals surface area contributed by atoms with E-state index in [0.29, 0.717) is 26.1 Å². The van der Waals surface area contributed by atoms with E-state index in [9.17, 15) is 14.7 Å². The predicted molar refractivity (Wildman–Crippen MR) is 150 cm³/mol. The van der Waals surface area contributed by atoms with Crippen LogP contribution in [0.3, 0.4) is 0 Å². The molecular formula is C30H41N5O4. The van der Waals surface area contributed by atoms with Gasteiger partial charge in [-0.3, -0.25) is 9.69 Å². The number of anilines is 1. The summed E-state index contributed by atoms with van der Waals surface area (Å²) in [5, 5.41) is 16.0. The van der Waals surface area contributed by atoms with Gasteiger partial charge in [-0.25, -0.2) is 9.78 Å². The largest absolute Gasteiger partial charge is 0.480 e. The smallest absolute Gasteiger partial charge is 0.326 e. The molecule has 1 aromatic heterocycles. The van der Waals surface area contributed by atoms with Crippen molar-refractivity contribution in [2.24, 2.45) is 0 Å². The number of hydrogen-bond acceptors (Lipinski definition) is 7. The number of aliphatic carboxylic acids is 1. The Morgan fingerprint density at radius 3 is 2.85 bits per heavy atom. The van der Waals surface area contributed by atoms with E-state index in [-0.39, 0.29) is 18.1 Å². The van der Waals surface area contributed by atoms with Gasteiger partial charge in [-0.15, -0.1) is 0 Å². The highest BCUT2D eigenvalue weighted by Gasteiger charge is 2.33. The zero-order valence-electron chi connectivity index (χ0n) is 22.7. The van der Waals surface area contributed by atoms with Gasteiger partial charge in [-0.2, -0.15) is 0 Å². The number of fused-ring (bicyclic) bond motifs is 1. The maximum Gasteiger partial charge on any atom is 0.326 e. The first-order valence-corrected chi connectivity index (χ1v) is 14.4. The van der Waals surface area contributed by atoms with Gasteiger partial charge in [-0.1, -0.05) is 36.4 Å². The van der Waals surface area contributed by atoms with Crippen molar-refractivity contribution in [1.82, 2.24) is 20.1 Å². The molecule has 210 valence electrons. The molecule has 0 spiro atoms. The van der Waals surface area contributed by atoms with E-state index in [2.05, 4.69) is 44.7 Å². The highest BCUT2D eigenvalue weighted by molar-refractivity contribution is 5.87. The minimum atomic E-state index is -0.977. The molecule has 4 heterocycles. The Balaban J connectivity index is 1.03. The van der Waals surface area contributed by atoms with Gasteiger partial charge in [0.05, 0.1) is 18.8 Å². The van der Waals surface area contributed by atoms with Gasteiger partial charge in [0.1, 0.15) is 11.9 Å². The van der Waals surface area contributed by atoms with Crippen LogP contribution in [0, 0.1) is 0 Å². The second kappa shape index (κ2) is 13.4. The maximum atomic E-state index is 13.1. The molecule has 0 unspecified atom stereocenters. The highest BCUT2D eigenvalue weighted by atomic mass is 16.5. The summed E-state index contributed by atoms with van der Waals surface area (Å²) in [7, 11) is 0. The van der Waals surface area contributed by atoms with Crippen LogP contribution in [0.15, 0.2) is 42.5 Å². The Labute approximate surface area is 230 Å². The molecule has 39 heavy (non-hydrogen) atoms. The molecule has 2 saturated heterocycles. The van der Waals surface area contributed by atoms with E-state index >= 15 is 0 Å². The van der Waals surface area contributed by atoms with Crippen LogP contribution in [0.25, 0.3) is 0 Å². The third-order valence-corrected chi connectivity index (χ3v) is 8.14. The Morgan fingerprint density at radius 2 is 2.00 bits per heavy atom. The number of carboxylic acid groups (broad SMARTS) is 1. The van der Waals surface area contributed by atoms with Gasteiger partial charge < -0.3 is 25.4 Å². The van der Waals surface area contributed by atoms with Gasteiger partial charge in [0.15, 0.2) is 0 Å². The minimum absolute atomic E-state index is 0.142. The lowest BCUT2D eigenvalue weighted by Crippen LogP contribution is -2.50. The maximum absolute atomic E-state index is 13.1. The molecule has 3 N–H and O–H groups in total. The molecule has 3 aliphatic heterocycles. The average molecular weight is 536 g/mol. The number of pyridine rings is 1. The van der Waals surface area contributed by atoms with Crippen LogP contribution < -0.4 is 10.6 Å². The first kappa shape index (κ1) is 27.6. The summed E-state index contributed by atoms with van der Waals surface area (Å²) in [6.07, 6.45) is 6.17. The number of nitrogens with zero attached hydrogens (tertiary/aromatic N) is 3. The Hall–Kier alpha value is -3.01. The number of rotatable bonds is 12. The van der Waals surface area contributed by atoms with Crippen molar-refractivity contribution < 1.29 is 19.4 Å². The third kappa shape index (κ3) is 7.56. The van der Waals surface area contributed by atoms with Crippen molar-refractivity contribution >= 4 is 17.7 Å². The number of carboxylic acids is 1. The number of amides is 1. The van der Waals surface area contributed by atoms with Gasteiger partial charge in [0, 0.05) is 44.8 Å². The van der Waals surface area contributed by atoms with E-state index in [1.807, 2.05) is 18.2 Å². The number of likely N-dealkylation sites (tertiary alicyclic amines) is 2. The third-order valence-electron chi connectivity index (χ3n) is 8.14. The molecule has 1 amide bonds. The van der Waals surface area contributed by atoms with Gasteiger partial charge in [0.2, 0.25) is 5.91 Å². The SMILES string of the molecule is O=C(O)[C@H](CCN1CC[C@@H](OCCc2ccc3c(n2)NCCC3)C1)NC(=O)[C@@H]1CCCN1Cc1ccccc1. The highest BCUT2D eigenvalue weighted by Crippen LogP contribution is 2.22. The molecule has 0 bridgehead atoms. The number of aromatic nitrogens is 1. The van der Waals surface area contributed by atoms with Crippen molar-refractivity contribution in [3.05, 3.63) is 59.3 Å². The number of carbonyl (C=O) groups is 2. The molecule has 2 fully saturated rings. The van der Waals surface area contributed by atoms with Crippen LogP contribution in [-0.2, 0) is 33.7 Å². The normalized spacial score (nSPS) is 22.3. The fraction of sp³-hybridized carbons (Fsp3) is 0.567. The molecule has 3 aliphatic rings. The van der Waals surface area contributed by atoms with Crippen molar-refractivity contribution in [1.29, 1.82) is 0 Å². The number of benzene rings is 1. The van der Waals surface area contributed by atoms with E-state index in [1.165, 1.54) is 5.56 Å². The van der Waals surface area contributed by atoms with Gasteiger partial charge >= 0.3 is 5.97 Å². The quantitative estimate of drug-likeness (QED) is 0.381. The van der Waals surface area contributed by atoms with Crippen LogP contribution in [0.2, 0.25) is 0 Å². The summed E-state index contributed by atoms with van der Waals surface area (Å²) < 4.78 is 6.13. The molecular weight excluding hydrogens is 494 g/mol. The van der Waals surface area contributed by atoms with Gasteiger partial charge in [-0.05, 0) is 62.3 Å². The summed E-state index contributed by atoms with van der Waals surface area (Å²) in [5.74, 6) is -0.137. The summed E-state index contributed by atoms with van der Waals surface area (Å²) in [5.41, 5.74) is 3.50. The van der Waals surface area contributed by atoms with Crippen molar-refractivity contribution in [2.75, 3.05) is 44.6 Å². The Morgan fingerprint density at radius 1 is 1.13 bits per heavy atom. The van der Waals surface area contributed by atoms with Crippen molar-refractivity contribution in [2.45, 2.75) is 69.7 Å². The molecule has 5 rings (SSSR count). The van der Waals surface area contributed by atoms with Crippen LogP contribution in [0.5, 0.6) is 0 Å². The zero-order chi connectivity index (χ0) is 27.0. The first-order valence-electron chi connectivity index (χ1n) is 14.4. The Kier molecular flexibility index (Phi) is 9.44. The summed E-state index contributed by atoms with van der Waals surface area (Å²) in [6, 6.07) is 13.2. The lowest BCUT2D eigenvalue weighted by molar-refractivity contribution is -0.142. The minimum Gasteiger partial charge on any atom is -0.480 e. The standard InChI is InChI=1S/C30H41N5O4/c36-29(27-9-5-16-35(27)20-22-6-2-1-3-7-22)33-26(30(37)38)13-18-34-17-12-25(21-34)39-19-14-24-11-10-23-8-4-15-31-28(23)32-24/h1-3,6-7,10-11,25-27H,4-5,8-9,12-21H2,(H,31,32)(H,33,36)(H,37,38)/t25-,26+,27+/m1/s1. The number of nitrogens with one attached hydrogen (secondary N) is 2. The number of aryl methyl sites for hydroxylation is 1. The van der Waals surface area contributed by atoms with Crippen LogP contribution in [0.1, 0.15) is 48.9 Å². The predicted octanol–water partition coefficient (Wildman–Crippen LogP) is 2.70. The number of ether oxygens (including phenoxy) is 1. The molecule has 2 aromatic rings. The summed E-state index contributed by atoms with van der Waals surface area (Å²) >= 11 is 0. The second-order valence-corrected chi connectivity index (χ2v) is 11.0. The average Bonchev–Trinajstić information content (AvgIpc) is 3.61. The zero-order valence-corrected chi connectivity index (χ0v) is 22.7. The van der Waals surface area contributed by atoms with E-state index in [0.717, 1.165) is 81.8 Å². The van der Waals surface area contributed by atoms with Crippen molar-refractivity contribution in [3.63, 3.8) is 0 Å². The second-order valence-electron chi connectivity index (χ2n) is 11.0. The van der Waals surface area contributed by atoms with Crippen LogP contribution >= 0.6 is 0 Å². The number of carbonyl (C=O) groups excluding carboxylic acids is 1. The lowest BCUT2D eigenvalue weighted by atomic mass is 10.1. The summed E-state index contributed by atoms with van der Waals surface area (Å²) in [6.45, 7) is 5.43. The fourth-order valence-electron chi connectivity index (χ4n) is 5.94. The van der Waals surface area contributed by atoms with E-state index in [1.54, 1.807) is 0 Å². The van der Waals surface area contributed by atoms with E-state index in [4.69, 9.17) is 9.72 Å². The first-order chi connectivity index (χ1) is 19.0. The molecule has 0 aliphatic carbocycles. The molecule has 9 nitrogen and oxygen atoms in total.